The maximum absolute atomic E-state index is 12.0. The van der Waals surface area contributed by atoms with Gasteiger partial charge in [-0.2, -0.15) is 0 Å². The second-order valence-corrected chi connectivity index (χ2v) is 4.83. The van der Waals surface area contributed by atoms with E-state index >= 15 is 0 Å². The highest BCUT2D eigenvalue weighted by molar-refractivity contribution is 6.24. The molecule has 0 saturated carbocycles. The van der Waals surface area contributed by atoms with Gasteiger partial charge in [0.2, 0.25) is 0 Å². The number of carboxylic acid groups (broad SMARTS) is 1. The number of nitrogens with one attached hydrogen (secondary N) is 1. The van der Waals surface area contributed by atoms with Crippen LogP contribution >= 0.6 is 0 Å². The van der Waals surface area contributed by atoms with Crippen LogP contribution in [0.4, 0.5) is 0 Å². The number of amides is 1. The first-order valence-electron chi connectivity index (χ1n) is 6.41. The van der Waals surface area contributed by atoms with Gasteiger partial charge in [-0.25, -0.2) is 4.79 Å². The number of fused-ring (bicyclic) bond motifs is 1. The van der Waals surface area contributed by atoms with E-state index in [0.29, 0.717) is 5.57 Å². The Morgan fingerprint density at radius 3 is 2.50 bits per heavy atom. The van der Waals surface area contributed by atoms with Gasteiger partial charge in [0.1, 0.15) is 0 Å². The van der Waals surface area contributed by atoms with Crippen LogP contribution in [0.5, 0.6) is 0 Å². The fourth-order valence-corrected chi connectivity index (χ4v) is 2.07. The summed E-state index contributed by atoms with van der Waals surface area (Å²) in [5.41, 5.74) is 0.658. The second-order valence-electron chi connectivity index (χ2n) is 4.83. The molecule has 7 heteroatoms. The Kier molecular flexibility index (Phi) is 4.18. The molecule has 0 spiro atoms. The molecule has 1 aliphatic rings. The standard InChI is InChI=1S/C15H13NO6/c1-7-4-12(18)10-5-8(2-3-9(10)13(7)19)14(20)16-11(6-17)15(21)22/h2-5,11,17H,6H2,1H3,(H,16,20)(H,21,22)/t11-/m0/s1. The molecule has 0 aliphatic heterocycles. The Labute approximate surface area is 125 Å². The fourth-order valence-electron chi connectivity index (χ4n) is 2.07. The molecule has 0 saturated heterocycles. The molecule has 3 N–H and O–H groups in total. The zero-order chi connectivity index (χ0) is 16.4. The van der Waals surface area contributed by atoms with E-state index in [-0.39, 0.29) is 22.5 Å². The van der Waals surface area contributed by atoms with E-state index in [1.54, 1.807) is 0 Å². The number of Topliss-reactive ketones (excluding diaryl/α,β-unsaturated/α-hetero) is 1. The third-order valence-electron chi connectivity index (χ3n) is 3.28. The summed E-state index contributed by atoms with van der Waals surface area (Å²) in [6, 6.07) is 2.48. The van der Waals surface area contributed by atoms with Gasteiger partial charge < -0.3 is 15.5 Å². The van der Waals surface area contributed by atoms with Crippen molar-refractivity contribution in [3.63, 3.8) is 0 Å². The molecule has 2 rings (SSSR count). The van der Waals surface area contributed by atoms with E-state index in [2.05, 4.69) is 5.32 Å². The summed E-state index contributed by atoms with van der Waals surface area (Å²) in [4.78, 5) is 46.6. The van der Waals surface area contributed by atoms with Gasteiger partial charge in [0.25, 0.3) is 5.91 Å². The molecule has 1 aromatic carbocycles. The summed E-state index contributed by atoms with van der Waals surface area (Å²) in [5, 5.41) is 19.8. The lowest BCUT2D eigenvalue weighted by molar-refractivity contribution is -0.140. The fraction of sp³-hybridized carbons (Fsp3) is 0.200. The maximum atomic E-state index is 12.0. The molecule has 0 heterocycles. The van der Waals surface area contributed by atoms with Crippen LogP contribution in [0.2, 0.25) is 0 Å². The number of benzene rings is 1. The van der Waals surface area contributed by atoms with Crippen LogP contribution in [0, 0.1) is 0 Å². The Balaban J connectivity index is 2.32. The van der Waals surface area contributed by atoms with Gasteiger partial charge in [-0.05, 0) is 31.2 Å². The molecule has 1 aliphatic carbocycles. The Morgan fingerprint density at radius 1 is 1.23 bits per heavy atom. The van der Waals surface area contributed by atoms with E-state index in [1.165, 1.54) is 31.2 Å². The van der Waals surface area contributed by atoms with Gasteiger partial charge >= 0.3 is 5.97 Å². The van der Waals surface area contributed by atoms with Crippen LogP contribution in [0.15, 0.2) is 29.8 Å². The van der Waals surface area contributed by atoms with E-state index in [0.717, 1.165) is 0 Å². The number of aliphatic carboxylic acids is 1. The topological polar surface area (TPSA) is 121 Å². The summed E-state index contributed by atoms with van der Waals surface area (Å²) in [5.74, 6) is -2.81. The van der Waals surface area contributed by atoms with Crippen molar-refractivity contribution in [3.8, 4) is 0 Å². The van der Waals surface area contributed by atoms with Crippen molar-refractivity contribution in [1.29, 1.82) is 0 Å². The maximum Gasteiger partial charge on any atom is 0.328 e. The summed E-state index contributed by atoms with van der Waals surface area (Å²) in [6.45, 7) is 0.772. The van der Waals surface area contributed by atoms with Crippen molar-refractivity contribution in [2.75, 3.05) is 6.61 Å². The Hall–Kier alpha value is -2.80. The highest BCUT2D eigenvalue weighted by Crippen LogP contribution is 2.22. The molecule has 0 aromatic heterocycles. The average Bonchev–Trinajstić information content (AvgIpc) is 2.49. The van der Waals surface area contributed by atoms with E-state index in [4.69, 9.17) is 10.2 Å². The van der Waals surface area contributed by atoms with Gasteiger partial charge in [0, 0.05) is 22.3 Å². The van der Waals surface area contributed by atoms with Crippen LogP contribution in [0.25, 0.3) is 0 Å². The minimum atomic E-state index is -1.44. The van der Waals surface area contributed by atoms with Gasteiger partial charge in [-0.1, -0.05) is 0 Å². The largest absolute Gasteiger partial charge is 0.480 e. The molecule has 0 radical (unpaired) electrons. The van der Waals surface area contributed by atoms with Gasteiger partial charge in [-0.15, -0.1) is 0 Å². The van der Waals surface area contributed by atoms with Crippen molar-refractivity contribution in [1.82, 2.24) is 5.32 Å². The van der Waals surface area contributed by atoms with Crippen LogP contribution in [-0.4, -0.2) is 46.3 Å². The number of carboxylic acids is 1. The number of aliphatic hydroxyl groups is 1. The van der Waals surface area contributed by atoms with Crippen LogP contribution in [-0.2, 0) is 4.79 Å². The zero-order valence-electron chi connectivity index (χ0n) is 11.6. The first kappa shape index (κ1) is 15.6. The number of rotatable bonds is 4. The van der Waals surface area contributed by atoms with Crippen molar-refractivity contribution in [2.45, 2.75) is 13.0 Å². The van der Waals surface area contributed by atoms with Crippen molar-refractivity contribution in [3.05, 3.63) is 46.5 Å². The van der Waals surface area contributed by atoms with Crippen LogP contribution < -0.4 is 5.32 Å². The predicted octanol–water partition coefficient (Wildman–Crippen LogP) is 0.187. The molecule has 1 atom stereocenters. The summed E-state index contributed by atoms with van der Waals surface area (Å²) < 4.78 is 0. The molecule has 0 fully saturated rings. The van der Waals surface area contributed by atoms with Crippen LogP contribution in [0.1, 0.15) is 38.0 Å². The van der Waals surface area contributed by atoms with E-state index in [1.807, 2.05) is 0 Å². The second kappa shape index (κ2) is 5.90. The quantitative estimate of drug-likeness (QED) is 0.730. The van der Waals surface area contributed by atoms with Gasteiger partial charge in [0.15, 0.2) is 17.6 Å². The molecule has 7 nitrogen and oxygen atoms in total. The lowest BCUT2D eigenvalue weighted by atomic mass is 9.89. The summed E-state index contributed by atoms with van der Waals surface area (Å²) in [7, 11) is 0. The Bertz CT molecular complexity index is 719. The number of hydrogen-bond donors (Lipinski definition) is 3. The minimum absolute atomic E-state index is 0.0348. The third kappa shape index (κ3) is 2.79. The highest BCUT2D eigenvalue weighted by Gasteiger charge is 2.25. The lowest BCUT2D eigenvalue weighted by Crippen LogP contribution is -2.43. The SMILES string of the molecule is CC1=CC(=O)c2cc(C(=O)N[C@@H](CO)C(=O)O)ccc2C1=O. The smallest absolute Gasteiger partial charge is 0.328 e. The molecule has 114 valence electrons. The highest BCUT2D eigenvalue weighted by atomic mass is 16.4. The first-order chi connectivity index (χ1) is 10.3. The molecule has 22 heavy (non-hydrogen) atoms. The van der Waals surface area contributed by atoms with E-state index in [9.17, 15) is 19.2 Å². The summed E-state index contributed by atoms with van der Waals surface area (Å²) in [6.07, 6.45) is 1.19. The number of ketones is 2. The first-order valence-corrected chi connectivity index (χ1v) is 6.41. The predicted molar refractivity (Wildman–Crippen MR) is 74.8 cm³/mol. The number of carbonyl (C=O) groups is 4. The molecule has 1 aromatic rings. The Morgan fingerprint density at radius 2 is 1.91 bits per heavy atom. The van der Waals surface area contributed by atoms with Crippen molar-refractivity contribution < 1.29 is 29.4 Å². The molecular formula is C15H13NO6. The van der Waals surface area contributed by atoms with E-state index < -0.39 is 30.3 Å². The normalized spacial score (nSPS) is 14.9. The monoisotopic (exact) mass is 303 g/mol. The van der Waals surface area contributed by atoms with Gasteiger partial charge in [-0.3, -0.25) is 14.4 Å². The molecule has 1 amide bonds. The van der Waals surface area contributed by atoms with Crippen molar-refractivity contribution >= 4 is 23.4 Å². The lowest BCUT2D eigenvalue weighted by Gasteiger charge is -2.15. The molecular weight excluding hydrogens is 290 g/mol. The van der Waals surface area contributed by atoms with Crippen molar-refractivity contribution in [2.24, 2.45) is 0 Å². The zero-order valence-corrected chi connectivity index (χ0v) is 11.6. The summed E-state index contributed by atoms with van der Waals surface area (Å²) >= 11 is 0. The number of hydrogen-bond acceptors (Lipinski definition) is 5. The number of aliphatic hydroxyl groups excluding tert-OH is 1. The minimum Gasteiger partial charge on any atom is -0.480 e. The third-order valence-corrected chi connectivity index (χ3v) is 3.28. The number of carbonyl (C=O) groups excluding carboxylic acids is 3. The average molecular weight is 303 g/mol. The molecule has 0 unspecified atom stereocenters. The van der Waals surface area contributed by atoms with Gasteiger partial charge in [0.05, 0.1) is 6.61 Å². The van der Waals surface area contributed by atoms with Crippen LogP contribution in [0.3, 0.4) is 0 Å². The number of allylic oxidation sites excluding steroid dienone is 2. The molecule has 0 bridgehead atoms.